The molecule has 3 aromatic heterocycles. The summed E-state index contributed by atoms with van der Waals surface area (Å²) in [4.78, 5) is 20.1. The molecule has 0 fully saturated rings. The van der Waals surface area contributed by atoms with Crippen molar-refractivity contribution in [2.24, 2.45) is 0 Å². The van der Waals surface area contributed by atoms with E-state index in [2.05, 4.69) is 120 Å². The molecule has 0 aliphatic heterocycles. The van der Waals surface area contributed by atoms with Crippen molar-refractivity contribution in [2.45, 2.75) is 0 Å². The normalized spacial score (nSPS) is 11.9. The molecular weight excluding hydrogens is 695 g/mol. The van der Waals surface area contributed by atoms with Gasteiger partial charge >= 0.3 is 0 Å². The van der Waals surface area contributed by atoms with Crippen LogP contribution in [0.2, 0.25) is 0 Å². The molecule has 0 spiro atoms. The first-order valence-electron chi connectivity index (χ1n) is 19.2. The number of rotatable bonds is 5. The Balaban J connectivity index is 1.18. The van der Waals surface area contributed by atoms with Crippen molar-refractivity contribution in [3.8, 4) is 73.4 Å². The van der Waals surface area contributed by atoms with Crippen LogP contribution in [0.5, 0.6) is 0 Å². The molecule has 57 heavy (non-hydrogen) atoms. The topological polar surface area (TPSA) is 56.5 Å². The van der Waals surface area contributed by atoms with E-state index in [-0.39, 0.29) is 0 Å². The summed E-state index contributed by atoms with van der Waals surface area (Å²) in [6.45, 7) is 0. The predicted octanol–water partition coefficient (Wildman–Crippen LogP) is 13.0. The minimum atomic E-state index is 0.633. The molecule has 3 heterocycles. The molecule has 1 aliphatic carbocycles. The molecule has 0 N–H and O–H groups in total. The Morgan fingerprint density at radius 3 is 1.74 bits per heavy atom. The molecule has 0 bridgehead atoms. The van der Waals surface area contributed by atoms with Gasteiger partial charge in [-0.05, 0) is 80.9 Å². The number of hydrogen-bond donors (Lipinski definition) is 0. The Morgan fingerprint density at radius 1 is 0.351 bits per heavy atom. The van der Waals surface area contributed by atoms with E-state index in [0.717, 1.165) is 55.4 Å². The lowest BCUT2D eigenvalue weighted by Gasteiger charge is -2.17. The SMILES string of the molecule is c1ccc(-c2nc(-c3ccccc3)nc(-c3ccc(-n4c5cc(-c6ccccn6)cc6c5c5c7c(cccc7ccc54)-c4ccccc4-6)c4ccccc34)n2)cc1. The summed E-state index contributed by atoms with van der Waals surface area (Å²) in [5.74, 6) is 1.91. The molecule has 0 saturated heterocycles. The van der Waals surface area contributed by atoms with Crippen molar-refractivity contribution < 1.29 is 0 Å². The average Bonchev–Trinajstić information content (AvgIpc) is 3.56. The molecule has 0 amide bonds. The zero-order valence-corrected chi connectivity index (χ0v) is 30.6. The Bertz CT molecular complexity index is 3330. The van der Waals surface area contributed by atoms with E-state index in [1.54, 1.807) is 0 Å². The second-order valence-corrected chi connectivity index (χ2v) is 14.6. The molecule has 12 rings (SSSR count). The second kappa shape index (κ2) is 12.4. The highest BCUT2D eigenvalue weighted by Gasteiger charge is 2.27. The first-order valence-corrected chi connectivity index (χ1v) is 19.2. The second-order valence-electron chi connectivity index (χ2n) is 14.6. The zero-order valence-electron chi connectivity index (χ0n) is 30.6. The lowest BCUT2D eigenvalue weighted by Crippen LogP contribution is -2.02. The first-order chi connectivity index (χ1) is 28.3. The first kappa shape index (κ1) is 31.6. The third-order valence-corrected chi connectivity index (χ3v) is 11.4. The number of benzene rings is 8. The van der Waals surface area contributed by atoms with Gasteiger partial charge in [0.1, 0.15) is 0 Å². The van der Waals surface area contributed by atoms with Gasteiger partial charge in [-0.3, -0.25) is 4.98 Å². The Kier molecular flexibility index (Phi) is 6.86. The van der Waals surface area contributed by atoms with E-state index in [4.69, 9.17) is 19.9 Å². The van der Waals surface area contributed by atoms with Gasteiger partial charge in [-0.25, -0.2) is 15.0 Å². The molecule has 5 heteroatoms. The van der Waals surface area contributed by atoms with Crippen molar-refractivity contribution in [1.82, 2.24) is 24.5 Å². The number of fused-ring (bicyclic) bond motifs is 4. The summed E-state index contributed by atoms with van der Waals surface area (Å²) >= 11 is 0. The number of nitrogens with zero attached hydrogens (tertiary/aromatic N) is 5. The maximum atomic E-state index is 5.14. The van der Waals surface area contributed by atoms with E-state index in [9.17, 15) is 0 Å². The van der Waals surface area contributed by atoms with Gasteiger partial charge in [0, 0.05) is 44.6 Å². The predicted molar refractivity (Wildman–Crippen MR) is 233 cm³/mol. The van der Waals surface area contributed by atoms with Crippen LogP contribution < -0.4 is 0 Å². The van der Waals surface area contributed by atoms with Crippen LogP contribution in [-0.4, -0.2) is 24.5 Å². The van der Waals surface area contributed by atoms with Crippen molar-refractivity contribution in [1.29, 1.82) is 0 Å². The maximum Gasteiger partial charge on any atom is 0.164 e. The molecule has 0 radical (unpaired) electrons. The highest BCUT2D eigenvalue weighted by atomic mass is 15.0. The fraction of sp³-hybridized carbons (Fsp3) is 0. The highest BCUT2D eigenvalue weighted by molar-refractivity contribution is 6.31. The highest BCUT2D eigenvalue weighted by Crippen LogP contribution is 2.51. The average molecular weight is 726 g/mol. The Morgan fingerprint density at radius 2 is 1.00 bits per heavy atom. The van der Waals surface area contributed by atoms with Crippen LogP contribution in [0.3, 0.4) is 0 Å². The van der Waals surface area contributed by atoms with E-state index in [1.165, 1.54) is 43.8 Å². The fourth-order valence-corrected chi connectivity index (χ4v) is 8.94. The van der Waals surface area contributed by atoms with E-state index in [0.29, 0.717) is 17.5 Å². The van der Waals surface area contributed by atoms with E-state index < -0.39 is 0 Å². The molecule has 0 unspecified atom stereocenters. The smallest absolute Gasteiger partial charge is 0.164 e. The Labute approximate surface area is 328 Å². The number of pyridine rings is 1. The lowest BCUT2D eigenvalue weighted by atomic mass is 9.92. The Hall–Kier alpha value is -7.76. The minimum Gasteiger partial charge on any atom is -0.309 e. The lowest BCUT2D eigenvalue weighted by molar-refractivity contribution is 1.08. The van der Waals surface area contributed by atoms with Crippen LogP contribution >= 0.6 is 0 Å². The standard InChI is InChI=1S/C52H31N5/c1-3-14-33(15-4-1)50-54-51(34-16-5-2-6-17-34)56-52(55-50)41-26-28-44(39-22-10-9-21-38(39)41)57-45-27-25-32-18-13-23-40-36-19-7-8-20-37(36)42-30-35(43-24-11-12-29-53-43)31-46(57)48(42)49(45)47(32)40/h1-31H. The van der Waals surface area contributed by atoms with Gasteiger partial charge in [-0.15, -0.1) is 0 Å². The van der Waals surface area contributed by atoms with Crippen molar-refractivity contribution >= 4 is 43.4 Å². The van der Waals surface area contributed by atoms with Crippen LogP contribution in [0.1, 0.15) is 0 Å². The van der Waals surface area contributed by atoms with Crippen LogP contribution in [-0.2, 0) is 0 Å². The van der Waals surface area contributed by atoms with Gasteiger partial charge in [-0.2, -0.15) is 0 Å². The van der Waals surface area contributed by atoms with Gasteiger partial charge in [-0.1, -0.05) is 140 Å². The summed E-state index contributed by atoms with van der Waals surface area (Å²) in [6.07, 6.45) is 1.87. The molecule has 0 saturated carbocycles. The molecular formula is C52H31N5. The van der Waals surface area contributed by atoms with Crippen LogP contribution in [0.15, 0.2) is 188 Å². The maximum absolute atomic E-state index is 5.14. The van der Waals surface area contributed by atoms with Gasteiger partial charge in [0.05, 0.1) is 22.4 Å². The third-order valence-electron chi connectivity index (χ3n) is 11.4. The van der Waals surface area contributed by atoms with Gasteiger partial charge in [0.2, 0.25) is 0 Å². The van der Waals surface area contributed by atoms with Gasteiger partial charge in [0.25, 0.3) is 0 Å². The summed E-state index contributed by atoms with van der Waals surface area (Å²) in [5, 5.41) is 7.19. The van der Waals surface area contributed by atoms with Crippen LogP contribution in [0.25, 0.3) is 117 Å². The third kappa shape index (κ3) is 4.82. The monoisotopic (exact) mass is 725 g/mol. The number of hydrogen-bond acceptors (Lipinski definition) is 4. The summed E-state index contributed by atoms with van der Waals surface area (Å²) < 4.78 is 2.47. The van der Waals surface area contributed by atoms with Gasteiger partial charge < -0.3 is 4.57 Å². The minimum absolute atomic E-state index is 0.633. The quantitative estimate of drug-likeness (QED) is 0.177. The summed E-state index contributed by atoms with van der Waals surface area (Å²) in [7, 11) is 0. The summed E-state index contributed by atoms with van der Waals surface area (Å²) in [5.41, 5.74) is 13.2. The molecule has 11 aromatic rings. The fourth-order valence-electron chi connectivity index (χ4n) is 8.94. The van der Waals surface area contributed by atoms with E-state index in [1.807, 2.05) is 72.9 Å². The molecule has 264 valence electrons. The van der Waals surface area contributed by atoms with E-state index >= 15 is 0 Å². The molecule has 5 nitrogen and oxygen atoms in total. The van der Waals surface area contributed by atoms with Crippen LogP contribution in [0, 0.1) is 0 Å². The van der Waals surface area contributed by atoms with Crippen LogP contribution in [0.4, 0.5) is 0 Å². The molecule has 0 atom stereocenters. The zero-order chi connectivity index (χ0) is 37.5. The molecule has 8 aromatic carbocycles. The van der Waals surface area contributed by atoms with Crippen molar-refractivity contribution in [3.05, 3.63) is 188 Å². The summed E-state index contributed by atoms with van der Waals surface area (Å²) in [6, 6.07) is 64.3. The van der Waals surface area contributed by atoms with Crippen molar-refractivity contribution in [3.63, 3.8) is 0 Å². The largest absolute Gasteiger partial charge is 0.309 e. The van der Waals surface area contributed by atoms with Gasteiger partial charge in [0.15, 0.2) is 17.5 Å². The van der Waals surface area contributed by atoms with Crippen molar-refractivity contribution in [2.75, 3.05) is 0 Å². The molecule has 1 aliphatic rings. The number of aromatic nitrogens is 5.